The summed E-state index contributed by atoms with van der Waals surface area (Å²) in [6.45, 7) is 11.3. The maximum Gasteiger partial charge on any atom is 0.237 e. The average Bonchev–Trinajstić information content (AvgIpc) is 2.67. The summed E-state index contributed by atoms with van der Waals surface area (Å²) in [5.74, 6) is -0.0378. The molecule has 1 aliphatic rings. The summed E-state index contributed by atoms with van der Waals surface area (Å²) in [5.41, 5.74) is 5.74. The largest absolute Gasteiger partial charge is 0.351 e. The fourth-order valence-electron chi connectivity index (χ4n) is 2.12. The van der Waals surface area contributed by atoms with Gasteiger partial charge in [-0.05, 0) is 38.3 Å². The fraction of sp³-hybridized carbons (Fsp3) is 0.923. The number of carbonyl (C=O) groups excluding carboxylic acids is 1. The van der Waals surface area contributed by atoms with Crippen molar-refractivity contribution in [2.45, 2.75) is 52.6 Å². The van der Waals surface area contributed by atoms with Gasteiger partial charge in [0, 0.05) is 12.6 Å². The first kappa shape index (κ1) is 14.5. The molecule has 1 heterocycles. The highest BCUT2D eigenvalue weighted by Crippen LogP contribution is 2.17. The van der Waals surface area contributed by atoms with Crippen molar-refractivity contribution in [3.63, 3.8) is 0 Å². The van der Waals surface area contributed by atoms with Gasteiger partial charge in [-0.3, -0.25) is 4.79 Å². The lowest BCUT2D eigenvalue weighted by Crippen LogP contribution is -2.52. The molecule has 100 valence electrons. The fourth-order valence-corrected chi connectivity index (χ4v) is 2.12. The van der Waals surface area contributed by atoms with Gasteiger partial charge in [0.25, 0.3) is 0 Å². The molecule has 0 aromatic rings. The molecule has 0 radical (unpaired) electrons. The van der Waals surface area contributed by atoms with Crippen LogP contribution in [0, 0.1) is 5.41 Å². The van der Waals surface area contributed by atoms with E-state index in [0.717, 1.165) is 19.6 Å². The number of nitrogens with one attached hydrogen (secondary N) is 1. The van der Waals surface area contributed by atoms with E-state index in [1.165, 1.54) is 12.8 Å². The molecule has 0 bridgehead atoms. The van der Waals surface area contributed by atoms with Gasteiger partial charge in [-0.25, -0.2) is 0 Å². The quantitative estimate of drug-likeness (QED) is 0.771. The molecular formula is C13H27N3O. The average molecular weight is 241 g/mol. The Morgan fingerprint density at radius 1 is 1.35 bits per heavy atom. The van der Waals surface area contributed by atoms with E-state index in [-0.39, 0.29) is 17.4 Å². The molecule has 0 saturated carbocycles. The molecule has 0 aromatic carbocycles. The van der Waals surface area contributed by atoms with E-state index in [9.17, 15) is 4.79 Å². The Bertz CT molecular complexity index is 254. The van der Waals surface area contributed by atoms with Crippen molar-refractivity contribution >= 4 is 5.91 Å². The molecule has 3 N–H and O–H groups in total. The Morgan fingerprint density at radius 3 is 2.35 bits per heavy atom. The molecule has 1 rings (SSSR count). The van der Waals surface area contributed by atoms with Crippen LogP contribution in [-0.4, -0.2) is 42.5 Å². The third kappa shape index (κ3) is 4.64. The predicted molar refractivity (Wildman–Crippen MR) is 70.7 cm³/mol. The number of amides is 1. The SMILES string of the molecule is CC(CN1CCCC1)NC(=O)C(N)C(C)(C)C. The lowest BCUT2D eigenvalue weighted by molar-refractivity contribution is -0.125. The van der Waals surface area contributed by atoms with Crippen LogP contribution in [0.2, 0.25) is 0 Å². The second-order valence-electron chi connectivity index (χ2n) is 6.26. The Morgan fingerprint density at radius 2 is 1.88 bits per heavy atom. The number of hydrogen-bond donors (Lipinski definition) is 2. The van der Waals surface area contributed by atoms with Crippen LogP contribution in [0.4, 0.5) is 0 Å². The molecule has 2 atom stereocenters. The molecular weight excluding hydrogens is 214 g/mol. The Labute approximate surface area is 105 Å². The van der Waals surface area contributed by atoms with Gasteiger partial charge in [0.2, 0.25) is 5.91 Å². The molecule has 1 fully saturated rings. The van der Waals surface area contributed by atoms with Gasteiger partial charge in [-0.1, -0.05) is 20.8 Å². The monoisotopic (exact) mass is 241 g/mol. The van der Waals surface area contributed by atoms with Crippen LogP contribution in [0.1, 0.15) is 40.5 Å². The van der Waals surface area contributed by atoms with Crippen molar-refractivity contribution in [3.05, 3.63) is 0 Å². The second-order valence-corrected chi connectivity index (χ2v) is 6.26. The number of nitrogens with two attached hydrogens (primary N) is 1. The standard InChI is InChI=1S/C13H27N3O/c1-10(9-16-7-5-6-8-16)15-12(17)11(14)13(2,3)4/h10-11H,5-9,14H2,1-4H3,(H,15,17). The lowest BCUT2D eigenvalue weighted by atomic mass is 9.87. The van der Waals surface area contributed by atoms with Crippen molar-refractivity contribution in [1.29, 1.82) is 0 Å². The summed E-state index contributed by atoms with van der Waals surface area (Å²) >= 11 is 0. The molecule has 1 aliphatic heterocycles. The van der Waals surface area contributed by atoms with E-state index in [4.69, 9.17) is 5.73 Å². The zero-order chi connectivity index (χ0) is 13.1. The highest BCUT2D eigenvalue weighted by atomic mass is 16.2. The van der Waals surface area contributed by atoms with Gasteiger partial charge < -0.3 is 16.0 Å². The van der Waals surface area contributed by atoms with Crippen molar-refractivity contribution in [1.82, 2.24) is 10.2 Å². The van der Waals surface area contributed by atoms with E-state index >= 15 is 0 Å². The van der Waals surface area contributed by atoms with Crippen LogP contribution in [0.25, 0.3) is 0 Å². The van der Waals surface area contributed by atoms with Crippen LogP contribution >= 0.6 is 0 Å². The van der Waals surface area contributed by atoms with E-state index in [0.29, 0.717) is 0 Å². The molecule has 17 heavy (non-hydrogen) atoms. The van der Waals surface area contributed by atoms with Gasteiger partial charge in [-0.2, -0.15) is 0 Å². The van der Waals surface area contributed by atoms with Crippen molar-refractivity contribution in [2.24, 2.45) is 11.1 Å². The maximum absolute atomic E-state index is 11.9. The minimum Gasteiger partial charge on any atom is -0.351 e. The van der Waals surface area contributed by atoms with Crippen LogP contribution in [0.5, 0.6) is 0 Å². The molecule has 4 heteroatoms. The smallest absolute Gasteiger partial charge is 0.237 e. The third-order valence-corrected chi connectivity index (χ3v) is 3.33. The number of hydrogen-bond acceptors (Lipinski definition) is 3. The molecule has 0 aromatic heterocycles. The van der Waals surface area contributed by atoms with E-state index in [1.54, 1.807) is 0 Å². The first-order chi connectivity index (χ1) is 7.80. The van der Waals surface area contributed by atoms with Gasteiger partial charge in [0.1, 0.15) is 0 Å². The number of rotatable bonds is 4. The summed E-state index contributed by atoms with van der Waals surface area (Å²) in [7, 11) is 0. The zero-order valence-corrected chi connectivity index (χ0v) is 11.6. The topological polar surface area (TPSA) is 58.4 Å². The predicted octanol–water partition coefficient (Wildman–Crippen LogP) is 0.960. The van der Waals surface area contributed by atoms with Crippen LogP contribution in [0.15, 0.2) is 0 Å². The third-order valence-electron chi connectivity index (χ3n) is 3.33. The number of nitrogens with zero attached hydrogens (tertiary/aromatic N) is 1. The zero-order valence-electron chi connectivity index (χ0n) is 11.6. The molecule has 2 unspecified atom stereocenters. The molecule has 1 saturated heterocycles. The Balaban J connectivity index is 2.34. The highest BCUT2D eigenvalue weighted by Gasteiger charge is 2.28. The van der Waals surface area contributed by atoms with E-state index in [1.807, 2.05) is 27.7 Å². The summed E-state index contributed by atoms with van der Waals surface area (Å²) in [6.07, 6.45) is 2.56. The van der Waals surface area contributed by atoms with Crippen molar-refractivity contribution in [2.75, 3.05) is 19.6 Å². The minimum atomic E-state index is -0.441. The number of carbonyl (C=O) groups is 1. The van der Waals surface area contributed by atoms with Gasteiger partial charge in [0.05, 0.1) is 6.04 Å². The molecule has 4 nitrogen and oxygen atoms in total. The first-order valence-electron chi connectivity index (χ1n) is 6.59. The number of likely N-dealkylation sites (tertiary alicyclic amines) is 1. The van der Waals surface area contributed by atoms with Crippen LogP contribution < -0.4 is 11.1 Å². The minimum absolute atomic E-state index is 0.0378. The summed E-state index contributed by atoms with van der Waals surface area (Å²) < 4.78 is 0. The molecule has 0 spiro atoms. The van der Waals surface area contributed by atoms with E-state index < -0.39 is 6.04 Å². The molecule has 0 aliphatic carbocycles. The Hall–Kier alpha value is -0.610. The van der Waals surface area contributed by atoms with Crippen LogP contribution in [0.3, 0.4) is 0 Å². The summed E-state index contributed by atoms with van der Waals surface area (Å²) in [6, 6.07) is -0.266. The summed E-state index contributed by atoms with van der Waals surface area (Å²) in [5, 5.41) is 3.01. The highest BCUT2D eigenvalue weighted by molar-refractivity contribution is 5.82. The van der Waals surface area contributed by atoms with E-state index in [2.05, 4.69) is 10.2 Å². The van der Waals surface area contributed by atoms with Gasteiger partial charge in [-0.15, -0.1) is 0 Å². The summed E-state index contributed by atoms with van der Waals surface area (Å²) in [4.78, 5) is 14.3. The normalized spacial score (nSPS) is 21.2. The van der Waals surface area contributed by atoms with Crippen molar-refractivity contribution in [3.8, 4) is 0 Å². The lowest BCUT2D eigenvalue weighted by Gasteiger charge is -2.28. The first-order valence-corrected chi connectivity index (χ1v) is 6.59. The maximum atomic E-state index is 11.9. The molecule has 1 amide bonds. The second kappa shape index (κ2) is 5.83. The van der Waals surface area contributed by atoms with Gasteiger partial charge in [0.15, 0.2) is 0 Å². The van der Waals surface area contributed by atoms with Crippen molar-refractivity contribution < 1.29 is 4.79 Å². The van der Waals surface area contributed by atoms with Crippen LogP contribution in [-0.2, 0) is 4.79 Å². The van der Waals surface area contributed by atoms with Gasteiger partial charge >= 0.3 is 0 Å². The Kier molecular flexibility index (Phi) is 4.95.